The van der Waals surface area contributed by atoms with Gasteiger partial charge in [0.25, 0.3) is 0 Å². The molecule has 0 fully saturated rings. The van der Waals surface area contributed by atoms with Crippen molar-refractivity contribution in [3.8, 4) is 0 Å². The van der Waals surface area contributed by atoms with E-state index in [1.165, 1.54) is 23.1 Å². The van der Waals surface area contributed by atoms with Gasteiger partial charge in [-0.15, -0.1) is 12.4 Å². The average Bonchev–Trinajstić information content (AvgIpc) is 3.03. The molecule has 4 nitrogen and oxygen atoms in total. The highest BCUT2D eigenvalue weighted by Gasteiger charge is 2.14. The molecule has 134 valence electrons. The van der Waals surface area contributed by atoms with Crippen molar-refractivity contribution in [3.05, 3.63) is 65.2 Å². The first kappa shape index (κ1) is 19.4. The molecule has 0 bridgehead atoms. The van der Waals surface area contributed by atoms with E-state index in [1.807, 2.05) is 24.3 Å². The molecule has 0 aliphatic heterocycles. The van der Waals surface area contributed by atoms with E-state index in [-0.39, 0.29) is 18.3 Å². The van der Waals surface area contributed by atoms with Gasteiger partial charge in [-0.25, -0.2) is 0 Å². The van der Waals surface area contributed by atoms with E-state index in [0.717, 1.165) is 25.1 Å². The van der Waals surface area contributed by atoms with Crippen LogP contribution in [-0.2, 0) is 24.2 Å². The Balaban J connectivity index is 0.00000225. The Labute approximate surface area is 155 Å². The standard InChI is InChI=1S/C20H25N3O.ClH/c21-11-12-23(14-16-5-2-1-3-6-16)15-20(24)22-19-10-9-17-7-4-8-18(17)13-19;/h1-3,5-6,9-10,13H,4,7-8,11-12,14-15,21H2,(H,22,24);1H. The number of carbonyl (C=O) groups excluding carboxylic acids is 1. The summed E-state index contributed by atoms with van der Waals surface area (Å²) in [4.78, 5) is 14.5. The highest BCUT2D eigenvalue weighted by molar-refractivity contribution is 5.92. The van der Waals surface area contributed by atoms with Gasteiger partial charge in [-0.2, -0.15) is 0 Å². The minimum atomic E-state index is 0. The molecule has 2 aromatic rings. The Kier molecular flexibility index (Phi) is 7.44. The second-order valence-electron chi connectivity index (χ2n) is 6.37. The van der Waals surface area contributed by atoms with Crippen LogP contribution in [-0.4, -0.2) is 30.4 Å². The van der Waals surface area contributed by atoms with Crippen molar-refractivity contribution in [3.63, 3.8) is 0 Å². The fourth-order valence-electron chi connectivity index (χ4n) is 3.29. The van der Waals surface area contributed by atoms with E-state index in [9.17, 15) is 4.79 Å². The lowest BCUT2D eigenvalue weighted by atomic mass is 10.1. The van der Waals surface area contributed by atoms with Gasteiger partial charge in [0.1, 0.15) is 0 Å². The summed E-state index contributed by atoms with van der Waals surface area (Å²) in [6, 6.07) is 16.4. The number of benzene rings is 2. The van der Waals surface area contributed by atoms with Crippen molar-refractivity contribution in [2.75, 3.05) is 25.0 Å². The molecule has 0 saturated heterocycles. The fraction of sp³-hybridized carbons (Fsp3) is 0.350. The molecule has 0 aromatic heterocycles. The number of nitrogens with zero attached hydrogens (tertiary/aromatic N) is 1. The summed E-state index contributed by atoms with van der Waals surface area (Å²) in [6.45, 7) is 2.32. The van der Waals surface area contributed by atoms with Gasteiger partial charge in [-0.05, 0) is 48.1 Å². The number of carbonyl (C=O) groups is 1. The van der Waals surface area contributed by atoms with Crippen LogP contribution in [0.25, 0.3) is 0 Å². The Morgan fingerprint density at radius 1 is 1.08 bits per heavy atom. The second-order valence-corrected chi connectivity index (χ2v) is 6.37. The van der Waals surface area contributed by atoms with Crippen molar-refractivity contribution in [2.24, 2.45) is 5.73 Å². The lowest BCUT2D eigenvalue weighted by Crippen LogP contribution is -2.36. The molecular weight excluding hydrogens is 334 g/mol. The van der Waals surface area contributed by atoms with Gasteiger partial charge in [0.15, 0.2) is 0 Å². The summed E-state index contributed by atoms with van der Waals surface area (Å²) in [5.74, 6) is 0.0114. The van der Waals surface area contributed by atoms with Crippen LogP contribution in [0.15, 0.2) is 48.5 Å². The van der Waals surface area contributed by atoms with Crippen LogP contribution < -0.4 is 11.1 Å². The Bertz CT molecular complexity index is 691. The van der Waals surface area contributed by atoms with Gasteiger partial charge in [0, 0.05) is 25.3 Å². The van der Waals surface area contributed by atoms with Gasteiger partial charge in [-0.1, -0.05) is 36.4 Å². The van der Waals surface area contributed by atoms with E-state index >= 15 is 0 Å². The molecule has 1 amide bonds. The van der Waals surface area contributed by atoms with E-state index in [2.05, 4.69) is 34.5 Å². The van der Waals surface area contributed by atoms with Crippen LogP contribution >= 0.6 is 12.4 Å². The number of rotatable bonds is 7. The Morgan fingerprint density at radius 3 is 2.60 bits per heavy atom. The zero-order valence-electron chi connectivity index (χ0n) is 14.4. The molecule has 3 N–H and O–H groups in total. The molecule has 0 unspecified atom stereocenters. The van der Waals surface area contributed by atoms with Crippen LogP contribution in [0, 0.1) is 0 Å². The number of nitrogens with two attached hydrogens (primary N) is 1. The summed E-state index contributed by atoms with van der Waals surface area (Å²) >= 11 is 0. The predicted molar refractivity (Wildman–Crippen MR) is 105 cm³/mol. The molecule has 0 atom stereocenters. The lowest BCUT2D eigenvalue weighted by Gasteiger charge is -2.21. The SMILES string of the molecule is Cl.NCCN(CC(=O)Nc1ccc2c(c1)CCC2)Cc1ccccc1. The maximum absolute atomic E-state index is 12.4. The number of anilines is 1. The molecule has 1 aliphatic carbocycles. The number of nitrogens with one attached hydrogen (secondary N) is 1. The van der Waals surface area contributed by atoms with Gasteiger partial charge in [-0.3, -0.25) is 9.69 Å². The minimum absolute atomic E-state index is 0. The maximum atomic E-state index is 12.4. The third kappa shape index (κ3) is 5.56. The fourth-order valence-corrected chi connectivity index (χ4v) is 3.29. The summed E-state index contributed by atoms with van der Waals surface area (Å²) in [6.07, 6.45) is 3.49. The average molecular weight is 360 g/mol. The first-order valence-electron chi connectivity index (χ1n) is 8.62. The van der Waals surface area contributed by atoms with Crippen molar-refractivity contribution >= 4 is 24.0 Å². The van der Waals surface area contributed by atoms with Crippen LogP contribution in [0.3, 0.4) is 0 Å². The first-order chi connectivity index (χ1) is 11.7. The summed E-state index contributed by atoms with van der Waals surface area (Å²) in [5, 5.41) is 3.02. The number of aryl methyl sites for hydroxylation is 2. The molecule has 0 heterocycles. The highest BCUT2D eigenvalue weighted by atomic mass is 35.5. The number of amides is 1. The largest absolute Gasteiger partial charge is 0.329 e. The summed E-state index contributed by atoms with van der Waals surface area (Å²) in [5.41, 5.74) is 10.6. The van der Waals surface area contributed by atoms with Crippen LogP contribution in [0.5, 0.6) is 0 Å². The first-order valence-corrected chi connectivity index (χ1v) is 8.62. The number of halogens is 1. The molecule has 3 rings (SSSR count). The minimum Gasteiger partial charge on any atom is -0.329 e. The zero-order valence-corrected chi connectivity index (χ0v) is 15.2. The van der Waals surface area contributed by atoms with Crippen LogP contribution in [0.1, 0.15) is 23.1 Å². The Hall–Kier alpha value is -1.88. The zero-order chi connectivity index (χ0) is 16.8. The maximum Gasteiger partial charge on any atom is 0.238 e. The lowest BCUT2D eigenvalue weighted by molar-refractivity contribution is -0.117. The quantitative estimate of drug-likeness (QED) is 0.799. The van der Waals surface area contributed by atoms with Gasteiger partial charge in [0.2, 0.25) is 5.91 Å². The summed E-state index contributed by atoms with van der Waals surface area (Å²) < 4.78 is 0. The van der Waals surface area contributed by atoms with Crippen molar-refractivity contribution in [1.29, 1.82) is 0 Å². The van der Waals surface area contributed by atoms with Crippen LogP contribution in [0.4, 0.5) is 5.69 Å². The topological polar surface area (TPSA) is 58.4 Å². The molecule has 25 heavy (non-hydrogen) atoms. The smallest absolute Gasteiger partial charge is 0.238 e. The molecular formula is C20H26ClN3O. The van der Waals surface area contributed by atoms with Crippen molar-refractivity contribution < 1.29 is 4.79 Å². The number of hydrogen-bond acceptors (Lipinski definition) is 3. The molecule has 1 aliphatic rings. The van der Waals surface area contributed by atoms with E-state index in [4.69, 9.17) is 5.73 Å². The Morgan fingerprint density at radius 2 is 1.84 bits per heavy atom. The van der Waals surface area contributed by atoms with Gasteiger partial charge in [0.05, 0.1) is 6.54 Å². The van der Waals surface area contributed by atoms with Gasteiger partial charge >= 0.3 is 0 Å². The molecule has 5 heteroatoms. The van der Waals surface area contributed by atoms with Crippen LogP contribution in [0.2, 0.25) is 0 Å². The second kappa shape index (κ2) is 9.56. The monoisotopic (exact) mass is 359 g/mol. The third-order valence-corrected chi connectivity index (χ3v) is 4.44. The molecule has 2 aromatic carbocycles. The van der Waals surface area contributed by atoms with Crippen molar-refractivity contribution in [1.82, 2.24) is 4.90 Å². The normalized spacial score (nSPS) is 12.6. The van der Waals surface area contributed by atoms with E-state index in [0.29, 0.717) is 19.6 Å². The number of fused-ring (bicyclic) bond motifs is 1. The molecule has 0 radical (unpaired) electrons. The number of hydrogen-bond donors (Lipinski definition) is 2. The van der Waals surface area contributed by atoms with Gasteiger partial charge < -0.3 is 11.1 Å². The van der Waals surface area contributed by atoms with E-state index < -0.39 is 0 Å². The van der Waals surface area contributed by atoms with E-state index in [1.54, 1.807) is 0 Å². The predicted octanol–water partition coefficient (Wildman–Crippen LogP) is 3.00. The van der Waals surface area contributed by atoms with Crippen molar-refractivity contribution in [2.45, 2.75) is 25.8 Å². The summed E-state index contributed by atoms with van der Waals surface area (Å²) in [7, 11) is 0. The third-order valence-electron chi connectivity index (χ3n) is 4.44. The molecule has 0 spiro atoms. The highest BCUT2D eigenvalue weighted by Crippen LogP contribution is 2.24. The molecule has 0 saturated carbocycles.